The van der Waals surface area contributed by atoms with Crippen LogP contribution < -0.4 is 4.74 Å². The van der Waals surface area contributed by atoms with Crippen molar-refractivity contribution in [2.24, 2.45) is 11.8 Å². The number of carbonyl (C=O) groups is 2. The molecule has 1 aliphatic rings. The van der Waals surface area contributed by atoms with Crippen molar-refractivity contribution in [2.75, 3.05) is 0 Å². The van der Waals surface area contributed by atoms with E-state index < -0.39 is 0 Å². The smallest absolute Gasteiger partial charge is 0.338 e. The summed E-state index contributed by atoms with van der Waals surface area (Å²) in [7, 11) is 0. The number of rotatable bonds is 10. The summed E-state index contributed by atoms with van der Waals surface area (Å²) in [6, 6.07) is 6.65. The molecule has 1 aromatic rings. The molecule has 156 valence electrons. The van der Waals surface area contributed by atoms with Crippen molar-refractivity contribution in [3.8, 4) is 5.75 Å². The van der Waals surface area contributed by atoms with Crippen molar-refractivity contribution in [2.45, 2.75) is 91.1 Å². The van der Waals surface area contributed by atoms with Gasteiger partial charge in [0.2, 0.25) is 0 Å². The number of benzene rings is 1. The van der Waals surface area contributed by atoms with E-state index in [-0.39, 0.29) is 24.0 Å². The molecular weight excluding hydrogens is 352 g/mol. The lowest BCUT2D eigenvalue weighted by atomic mass is 9.80. The zero-order valence-electron chi connectivity index (χ0n) is 17.7. The van der Waals surface area contributed by atoms with Crippen LogP contribution in [0.15, 0.2) is 24.3 Å². The predicted molar refractivity (Wildman–Crippen MR) is 111 cm³/mol. The molecule has 0 N–H and O–H groups in total. The minimum Gasteiger partial charge on any atom is -0.459 e. The second kappa shape index (κ2) is 11.9. The fourth-order valence-corrected chi connectivity index (χ4v) is 3.74. The highest BCUT2D eigenvalue weighted by atomic mass is 16.5. The van der Waals surface area contributed by atoms with E-state index in [1.54, 1.807) is 24.3 Å². The summed E-state index contributed by atoms with van der Waals surface area (Å²) >= 11 is 0. The first-order chi connectivity index (χ1) is 13.5. The Hall–Kier alpha value is -1.84. The third kappa shape index (κ3) is 7.29. The van der Waals surface area contributed by atoms with Crippen molar-refractivity contribution in [1.82, 2.24) is 0 Å². The Kier molecular flexibility index (Phi) is 9.52. The minimum absolute atomic E-state index is 0.00179. The Bertz CT molecular complexity index is 600. The lowest BCUT2D eigenvalue weighted by Gasteiger charge is -2.27. The molecule has 0 heterocycles. The lowest BCUT2D eigenvalue weighted by molar-refractivity contribution is -0.140. The Morgan fingerprint density at radius 1 is 1.00 bits per heavy atom. The molecule has 4 nitrogen and oxygen atoms in total. The molecule has 0 aliphatic heterocycles. The molecule has 1 unspecified atom stereocenters. The molecule has 0 amide bonds. The maximum atomic E-state index is 12.5. The van der Waals surface area contributed by atoms with Crippen LogP contribution in [0.25, 0.3) is 0 Å². The van der Waals surface area contributed by atoms with Crippen molar-refractivity contribution >= 4 is 11.9 Å². The van der Waals surface area contributed by atoms with Crippen LogP contribution in [0.2, 0.25) is 0 Å². The lowest BCUT2D eigenvalue weighted by Crippen LogP contribution is -2.25. The van der Waals surface area contributed by atoms with Crippen molar-refractivity contribution in [3.63, 3.8) is 0 Å². The van der Waals surface area contributed by atoms with Gasteiger partial charge in [0.25, 0.3) is 0 Å². The maximum Gasteiger partial charge on any atom is 0.338 e. The molecule has 1 saturated carbocycles. The molecule has 1 fully saturated rings. The zero-order chi connectivity index (χ0) is 20.4. The van der Waals surface area contributed by atoms with Gasteiger partial charge in [0.1, 0.15) is 5.75 Å². The van der Waals surface area contributed by atoms with Gasteiger partial charge in [-0.25, -0.2) is 4.79 Å². The van der Waals surface area contributed by atoms with Crippen LogP contribution in [0.1, 0.15) is 95.3 Å². The van der Waals surface area contributed by atoms with Gasteiger partial charge in [0.15, 0.2) is 0 Å². The van der Waals surface area contributed by atoms with E-state index in [4.69, 9.17) is 9.47 Å². The quantitative estimate of drug-likeness (QED) is 0.267. The second-order valence-electron chi connectivity index (χ2n) is 8.14. The molecule has 0 aromatic heterocycles. The molecule has 28 heavy (non-hydrogen) atoms. The van der Waals surface area contributed by atoms with Crippen LogP contribution >= 0.6 is 0 Å². The molecule has 0 bridgehead atoms. The van der Waals surface area contributed by atoms with E-state index >= 15 is 0 Å². The Morgan fingerprint density at radius 3 is 2.29 bits per heavy atom. The SMILES string of the molecule is CCCCCCC1CCC(C(=O)Oc2ccc(C(=O)OC(C)CC)cc2)CC1. The second-order valence-corrected chi connectivity index (χ2v) is 8.14. The van der Waals surface area contributed by atoms with Gasteiger partial charge in [-0.1, -0.05) is 46.0 Å². The van der Waals surface area contributed by atoms with Crippen LogP contribution in [-0.2, 0) is 9.53 Å². The first-order valence-electron chi connectivity index (χ1n) is 11.1. The Morgan fingerprint density at radius 2 is 1.68 bits per heavy atom. The van der Waals surface area contributed by atoms with Gasteiger partial charge in [-0.15, -0.1) is 0 Å². The normalized spacial score (nSPS) is 20.4. The molecule has 0 spiro atoms. The molecule has 2 rings (SSSR count). The van der Waals surface area contributed by atoms with Gasteiger partial charge in [-0.05, 0) is 69.2 Å². The van der Waals surface area contributed by atoms with Crippen LogP contribution in [0.3, 0.4) is 0 Å². The van der Waals surface area contributed by atoms with Crippen LogP contribution in [-0.4, -0.2) is 18.0 Å². The fourth-order valence-electron chi connectivity index (χ4n) is 3.74. The number of esters is 2. The number of unbranched alkanes of at least 4 members (excludes halogenated alkanes) is 3. The van der Waals surface area contributed by atoms with Gasteiger partial charge in [-0.2, -0.15) is 0 Å². The van der Waals surface area contributed by atoms with Crippen molar-refractivity contribution in [1.29, 1.82) is 0 Å². The van der Waals surface area contributed by atoms with Crippen molar-refractivity contribution < 1.29 is 19.1 Å². The van der Waals surface area contributed by atoms with E-state index in [0.717, 1.165) is 38.0 Å². The van der Waals surface area contributed by atoms with E-state index in [9.17, 15) is 9.59 Å². The summed E-state index contributed by atoms with van der Waals surface area (Å²) in [4.78, 5) is 24.5. The van der Waals surface area contributed by atoms with Crippen LogP contribution in [0, 0.1) is 11.8 Å². The van der Waals surface area contributed by atoms with E-state index in [0.29, 0.717) is 11.3 Å². The molecule has 0 radical (unpaired) electrons. The molecule has 0 saturated heterocycles. The summed E-state index contributed by atoms with van der Waals surface area (Å²) in [5.41, 5.74) is 0.476. The van der Waals surface area contributed by atoms with Crippen LogP contribution in [0.4, 0.5) is 0 Å². The third-order valence-corrected chi connectivity index (χ3v) is 5.84. The third-order valence-electron chi connectivity index (χ3n) is 5.84. The summed E-state index contributed by atoms with van der Waals surface area (Å²) in [6.07, 6.45) is 11.4. The van der Waals surface area contributed by atoms with Gasteiger partial charge >= 0.3 is 11.9 Å². The topological polar surface area (TPSA) is 52.6 Å². The predicted octanol–water partition coefficient (Wildman–Crippen LogP) is 6.32. The summed E-state index contributed by atoms with van der Waals surface area (Å²) in [5.74, 6) is 0.786. The highest BCUT2D eigenvalue weighted by molar-refractivity contribution is 5.89. The molecule has 1 aliphatic carbocycles. The van der Waals surface area contributed by atoms with E-state index in [1.807, 2.05) is 13.8 Å². The van der Waals surface area contributed by atoms with Gasteiger partial charge in [0, 0.05) is 0 Å². The maximum absolute atomic E-state index is 12.5. The van der Waals surface area contributed by atoms with Crippen molar-refractivity contribution in [3.05, 3.63) is 29.8 Å². The first kappa shape index (κ1) is 22.4. The van der Waals surface area contributed by atoms with Crippen LogP contribution in [0.5, 0.6) is 5.75 Å². The first-order valence-corrected chi connectivity index (χ1v) is 11.1. The Labute approximate surface area is 170 Å². The molecule has 4 heteroatoms. The standard InChI is InChI=1S/C24H36O4/c1-4-6-7-8-9-19-10-12-20(13-11-19)24(26)28-22-16-14-21(15-17-22)23(25)27-18(3)5-2/h14-20H,4-13H2,1-3H3. The number of ether oxygens (including phenoxy) is 2. The van der Waals surface area contributed by atoms with Gasteiger partial charge in [-0.3, -0.25) is 4.79 Å². The fraction of sp³-hybridized carbons (Fsp3) is 0.667. The van der Waals surface area contributed by atoms with E-state index in [1.165, 1.54) is 32.1 Å². The average Bonchev–Trinajstić information content (AvgIpc) is 2.72. The Balaban J connectivity index is 1.75. The monoisotopic (exact) mass is 388 g/mol. The molecule has 1 atom stereocenters. The highest BCUT2D eigenvalue weighted by Gasteiger charge is 2.27. The molecule has 1 aromatic carbocycles. The summed E-state index contributed by atoms with van der Waals surface area (Å²) in [5, 5.41) is 0. The van der Waals surface area contributed by atoms with Gasteiger partial charge in [0.05, 0.1) is 17.6 Å². The zero-order valence-corrected chi connectivity index (χ0v) is 17.7. The van der Waals surface area contributed by atoms with E-state index in [2.05, 4.69) is 6.92 Å². The summed E-state index contributed by atoms with van der Waals surface area (Å²) in [6.45, 7) is 6.08. The average molecular weight is 389 g/mol. The molecular formula is C24H36O4. The number of hydrogen-bond acceptors (Lipinski definition) is 4. The summed E-state index contributed by atoms with van der Waals surface area (Å²) < 4.78 is 10.9. The number of carbonyl (C=O) groups excluding carboxylic acids is 2. The largest absolute Gasteiger partial charge is 0.459 e. The minimum atomic E-state index is -0.343. The van der Waals surface area contributed by atoms with Gasteiger partial charge < -0.3 is 9.47 Å². The highest BCUT2D eigenvalue weighted by Crippen LogP contribution is 2.33. The number of hydrogen-bond donors (Lipinski definition) is 0.